The molecule has 0 amide bonds. The van der Waals surface area contributed by atoms with Crippen LogP contribution in [0.2, 0.25) is 0 Å². The highest BCUT2D eigenvalue weighted by Crippen LogP contribution is 2.49. The molecule has 0 aliphatic carbocycles. The van der Waals surface area contributed by atoms with Crippen molar-refractivity contribution in [3.05, 3.63) is 189 Å². The number of halogens is 5. The zero-order valence-corrected chi connectivity index (χ0v) is 42.9. The second-order valence-corrected chi connectivity index (χ2v) is 19.8. The average molecular weight is 1050 g/mol. The van der Waals surface area contributed by atoms with E-state index < -0.39 is 35.5 Å². The molecule has 3 fully saturated rings. The van der Waals surface area contributed by atoms with E-state index in [4.69, 9.17) is 33.5 Å². The van der Waals surface area contributed by atoms with Crippen molar-refractivity contribution in [3.8, 4) is 46.7 Å². The van der Waals surface area contributed by atoms with Gasteiger partial charge < -0.3 is 33.5 Å². The van der Waals surface area contributed by atoms with Crippen LogP contribution in [0.25, 0.3) is 22.3 Å². The van der Waals surface area contributed by atoms with Crippen LogP contribution in [0.3, 0.4) is 0 Å². The van der Waals surface area contributed by atoms with Crippen LogP contribution < -0.4 is 18.9 Å². The van der Waals surface area contributed by atoms with Crippen molar-refractivity contribution < 1.29 is 55.5 Å². The lowest BCUT2D eigenvalue weighted by molar-refractivity contribution is -0.106. The molecule has 0 spiro atoms. The van der Waals surface area contributed by atoms with Gasteiger partial charge in [0, 0.05) is 89.5 Å². The zero-order valence-electron chi connectivity index (χ0n) is 42.9. The van der Waals surface area contributed by atoms with Crippen molar-refractivity contribution in [1.82, 2.24) is 4.90 Å². The molecule has 0 aromatic heterocycles. The molecule has 0 bridgehead atoms. The van der Waals surface area contributed by atoms with Crippen LogP contribution >= 0.6 is 0 Å². The quantitative estimate of drug-likeness (QED) is 0.107. The zero-order chi connectivity index (χ0) is 53.4. The van der Waals surface area contributed by atoms with Gasteiger partial charge in [-0.15, -0.1) is 0 Å². The standard InChI is InChI=1S/C34H32F3NO3.C30H26F2O4/c1-22-30-12-11-29(40-32-6-2-3-14-39-32)18-31(30)41-34(33(22)26-15-27(36)17-28(37)16-26)25-9-7-23(8-10-25)5-4-13-38-20-24(19-35)21-38;1-19-26-12-11-25(35-28-6-2-3-14-34-28)18-27(26)36-30(21-9-7-20(8-10-21)5-4-13-33)29(19)22-15-23(31)17-24(32)16-22/h7-12,15-18,24,32,34H,2-3,6,13-14,19-21H2,1H3;7-12,15-18,28,30,33H,2-3,6,13-14H2,1H3. The SMILES string of the molecule is CC1=C(c2cc(F)cc(F)c2)C(c2ccc(C#CCN3CC(CF)C3)cc2)Oc2cc(OC3CCCCO3)ccc21.CC1=C(c2cc(F)cc(F)c2)C(c2ccc(C#CCO)cc2)Oc2cc(OC3CCCCO3)ccc21. The van der Waals surface area contributed by atoms with Crippen molar-refractivity contribution in [3.63, 3.8) is 0 Å². The van der Waals surface area contributed by atoms with Gasteiger partial charge in [0.15, 0.2) is 12.6 Å². The van der Waals surface area contributed by atoms with Gasteiger partial charge in [-0.1, -0.05) is 47.9 Å². The Labute approximate surface area is 446 Å². The Hall–Kier alpha value is -7.39. The maximum absolute atomic E-state index is 14.3. The molecule has 0 radical (unpaired) electrons. The lowest BCUT2D eigenvalue weighted by atomic mass is 9.86. The van der Waals surface area contributed by atoms with Gasteiger partial charge in [-0.05, 0) is 146 Å². The smallest absolute Gasteiger partial charge is 0.199 e. The molecule has 0 saturated carbocycles. The number of likely N-dealkylation sites (tertiary alicyclic amines) is 1. The van der Waals surface area contributed by atoms with Crippen LogP contribution in [0.4, 0.5) is 22.0 Å². The van der Waals surface area contributed by atoms with E-state index in [-0.39, 0.29) is 31.8 Å². The third-order valence-corrected chi connectivity index (χ3v) is 14.2. The summed E-state index contributed by atoms with van der Waals surface area (Å²) in [6.07, 6.45) is 4.06. The molecule has 8 nitrogen and oxygen atoms in total. The number of rotatable bonds is 10. The summed E-state index contributed by atoms with van der Waals surface area (Å²) in [6, 6.07) is 33.4. The van der Waals surface area contributed by atoms with Gasteiger partial charge in [-0.3, -0.25) is 9.29 Å². The number of fused-ring (bicyclic) bond motifs is 2. The van der Waals surface area contributed by atoms with Crippen molar-refractivity contribution in [2.24, 2.45) is 5.92 Å². The second-order valence-electron chi connectivity index (χ2n) is 19.8. The van der Waals surface area contributed by atoms with E-state index in [0.717, 1.165) is 108 Å². The number of aliphatic hydroxyl groups excluding tert-OH is 1. The number of aliphatic hydroxyl groups is 1. The highest BCUT2D eigenvalue weighted by atomic mass is 19.1. The number of alkyl halides is 1. The van der Waals surface area contributed by atoms with Crippen LogP contribution in [0.15, 0.2) is 121 Å². The van der Waals surface area contributed by atoms with E-state index in [1.54, 1.807) is 0 Å². The van der Waals surface area contributed by atoms with Crippen molar-refractivity contribution in [2.75, 3.05) is 46.1 Å². The molecule has 1 N–H and O–H groups in total. The fourth-order valence-corrected chi connectivity index (χ4v) is 10.3. The summed E-state index contributed by atoms with van der Waals surface area (Å²) in [4.78, 5) is 2.12. The predicted octanol–water partition coefficient (Wildman–Crippen LogP) is 13.5. The summed E-state index contributed by atoms with van der Waals surface area (Å²) in [5, 5.41) is 8.96. The minimum atomic E-state index is -0.652. The van der Waals surface area contributed by atoms with E-state index in [9.17, 15) is 22.0 Å². The number of ether oxygens (including phenoxy) is 6. The molecule has 11 rings (SSSR count). The van der Waals surface area contributed by atoms with Crippen LogP contribution in [0.1, 0.15) is 109 Å². The van der Waals surface area contributed by atoms with Crippen LogP contribution in [-0.4, -0.2) is 68.7 Å². The molecule has 4 atom stereocenters. The lowest BCUT2D eigenvalue weighted by Crippen LogP contribution is -2.47. The third-order valence-electron chi connectivity index (χ3n) is 14.2. The fraction of sp³-hybridized carbons (Fsp3) is 0.312. The third kappa shape index (κ3) is 12.7. The summed E-state index contributed by atoms with van der Waals surface area (Å²) in [6.45, 7) is 6.84. The molecule has 5 aliphatic heterocycles. The first kappa shape index (κ1) is 53.0. The molecule has 5 aliphatic rings. The highest BCUT2D eigenvalue weighted by Gasteiger charge is 2.33. The fourth-order valence-electron chi connectivity index (χ4n) is 10.3. The maximum atomic E-state index is 14.3. The second kappa shape index (κ2) is 24.3. The molecule has 3 saturated heterocycles. The predicted molar refractivity (Wildman–Crippen MR) is 285 cm³/mol. The van der Waals surface area contributed by atoms with Crippen molar-refractivity contribution in [2.45, 2.75) is 77.2 Å². The van der Waals surface area contributed by atoms with Crippen LogP contribution in [0.5, 0.6) is 23.0 Å². The Balaban J connectivity index is 0.000000176. The topological polar surface area (TPSA) is 78.9 Å². The van der Waals surface area contributed by atoms with E-state index in [1.165, 1.54) is 24.3 Å². The van der Waals surface area contributed by atoms with Crippen LogP contribution in [0, 0.1) is 52.9 Å². The van der Waals surface area contributed by atoms with Crippen LogP contribution in [-0.2, 0) is 9.47 Å². The Morgan fingerprint density at radius 3 is 1.40 bits per heavy atom. The van der Waals surface area contributed by atoms with Gasteiger partial charge in [-0.25, -0.2) is 17.6 Å². The molecule has 4 unspecified atom stereocenters. The Kier molecular flexibility index (Phi) is 16.7. The van der Waals surface area contributed by atoms with Crippen molar-refractivity contribution >= 4 is 22.3 Å². The van der Waals surface area contributed by atoms with E-state index in [2.05, 4.69) is 28.6 Å². The molecule has 6 aromatic carbocycles. The summed E-state index contributed by atoms with van der Waals surface area (Å²) in [5.41, 5.74) is 8.82. The largest absolute Gasteiger partial charge is 0.480 e. The van der Waals surface area contributed by atoms with Gasteiger partial charge in [0.1, 0.15) is 65.1 Å². The van der Waals surface area contributed by atoms with Gasteiger partial charge in [0.25, 0.3) is 0 Å². The number of hydrogen-bond donors (Lipinski definition) is 1. The Morgan fingerprint density at radius 1 is 0.558 bits per heavy atom. The average Bonchev–Trinajstić information content (AvgIpc) is 3.47. The summed E-state index contributed by atoms with van der Waals surface area (Å²) < 4.78 is 106. The number of benzene rings is 6. The number of hydrogen-bond acceptors (Lipinski definition) is 8. The normalized spacial score (nSPS) is 20.1. The molecule has 13 heteroatoms. The summed E-state index contributed by atoms with van der Waals surface area (Å²) in [7, 11) is 0. The van der Waals surface area contributed by atoms with Gasteiger partial charge in [-0.2, -0.15) is 0 Å². The monoisotopic (exact) mass is 1050 g/mol. The maximum Gasteiger partial charge on any atom is 0.199 e. The summed E-state index contributed by atoms with van der Waals surface area (Å²) >= 11 is 0. The molecule has 6 aromatic rings. The van der Waals surface area contributed by atoms with Gasteiger partial charge in [0.05, 0.1) is 26.4 Å². The molecular formula is C64H58F5NO7. The van der Waals surface area contributed by atoms with Gasteiger partial charge >= 0.3 is 0 Å². The van der Waals surface area contributed by atoms with E-state index in [1.807, 2.05) is 98.8 Å². The number of allylic oxidation sites excluding steroid dienone is 2. The lowest BCUT2D eigenvalue weighted by Gasteiger charge is -2.36. The minimum absolute atomic E-state index is 0.136. The Morgan fingerprint density at radius 2 is 1.00 bits per heavy atom. The molecular weight excluding hydrogens is 990 g/mol. The van der Waals surface area contributed by atoms with E-state index in [0.29, 0.717) is 65.0 Å². The van der Waals surface area contributed by atoms with Crippen molar-refractivity contribution in [1.29, 1.82) is 0 Å². The van der Waals surface area contributed by atoms with E-state index >= 15 is 0 Å². The summed E-state index contributed by atoms with van der Waals surface area (Å²) in [5.74, 6) is 11.9. The number of nitrogens with zero attached hydrogens (tertiary/aromatic N) is 1. The first-order valence-corrected chi connectivity index (χ1v) is 26.1. The minimum Gasteiger partial charge on any atom is -0.480 e. The highest BCUT2D eigenvalue weighted by molar-refractivity contribution is 5.96. The molecule has 5 heterocycles. The first-order chi connectivity index (χ1) is 37.5. The van der Waals surface area contributed by atoms with Gasteiger partial charge in [0.2, 0.25) is 0 Å². The Bertz CT molecular complexity index is 3240. The molecule has 77 heavy (non-hydrogen) atoms. The molecule has 396 valence electrons. The first-order valence-electron chi connectivity index (χ1n) is 26.1.